The second-order valence-electron chi connectivity index (χ2n) is 13.1. The summed E-state index contributed by atoms with van der Waals surface area (Å²) in [5.41, 5.74) is 0.0325. The summed E-state index contributed by atoms with van der Waals surface area (Å²) < 4.78 is 1.76. The largest absolute Gasteiger partial charge is 0.390 e. The highest BCUT2D eigenvalue weighted by Gasteiger charge is 2.69. The van der Waals surface area contributed by atoms with Gasteiger partial charge in [0.15, 0.2) is 0 Å². The first kappa shape index (κ1) is 22.1. The lowest BCUT2D eigenvalue weighted by Gasteiger charge is -2.62. The Morgan fingerprint density at radius 1 is 1.12 bits per heavy atom. The third kappa shape index (κ3) is 2.99. The first-order valence-electron chi connectivity index (χ1n) is 13.5. The van der Waals surface area contributed by atoms with Crippen molar-refractivity contribution in [1.82, 2.24) is 9.78 Å². The Kier molecular flexibility index (Phi) is 4.74. The van der Waals surface area contributed by atoms with Crippen LogP contribution in [-0.2, 0) is 6.54 Å². The van der Waals surface area contributed by atoms with Gasteiger partial charge in [-0.05, 0) is 117 Å². The molecule has 0 aliphatic heterocycles. The Labute approximate surface area is 198 Å². The van der Waals surface area contributed by atoms with Crippen LogP contribution < -0.4 is 0 Å². The second kappa shape index (κ2) is 7.08. The smallest absolute Gasteiger partial charge is 0.102 e. The van der Waals surface area contributed by atoms with Gasteiger partial charge in [-0.15, -0.1) is 0 Å². The van der Waals surface area contributed by atoms with E-state index in [0.717, 1.165) is 37.0 Å². The van der Waals surface area contributed by atoms with E-state index in [0.29, 0.717) is 29.4 Å². The Hall–Kier alpha value is -1.38. The lowest BCUT2D eigenvalue weighted by atomic mass is 9.43. The Morgan fingerprint density at radius 2 is 1.91 bits per heavy atom. The number of aromatic nitrogens is 2. The minimum absolute atomic E-state index is 0.173. The molecule has 180 valence electrons. The van der Waals surface area contributed by atoms with Crippen LogP contribution in [0, 0.1) is 57.7 Å². The molecule has 0 amide bonds. The molecule has 0 saturated heterocycles. The van der Waals surface area contributed by atoms with Crippen LogP contribution in [0.3, 0.4) is 0 Å². The minimum Gasteiger partial charge on any atom is -0.390 e. The summed E-state index contributed by atoms with van der Waals surface area (Å²) in [7, 11) is 0. The number of nitrogens with zero attached hydrogens (tertiary/aromatic N) is 3. The Morgan fingerprint density at radius 3 is 2.64 bits per heavy atom. The molecule has 5 aliphatic carbocycles. The number of hydrogen-bond acceptors (Lipinski definition) is 4. The molecule has 1 heterocycles. The molecule has 5 nitrogen and oxygen atoms in total. The van der Waals surface area contributed by atoms with Gasteiger partial charge in [0.2, 0.25) is 0 Å². The van der Waals surface area contributed by atoms with Crippen molar-refractivity contribution in [3.8, 4) is 6.07 Å². The van der Waals surface area contributed by atoms with Gasteiger partial charge < -0.3 is 10.2 Å². The van der Waals surface area contributed by atoms with Crippen LogP contribution in [0.5, 0.6) is 0 Å². The molecule has 5 saturated carbocycles. The fraction of sp³-hybridized carbons (Fsp3) is 0.857. The van der Waals surface area contributed by atoms with Crippen LogP contribution >= 0.6 is 0 Å². The summed E-state index contributed by atoms with van der Waals surface area (Å²) in [5.74, 6) is 3.86. The van der Waals surface area contributed by atoms with Crippen LogP contribution in [0.1, 0.15) is 90.5 Å². The summed E-state index contributed by atoms with van der Waals surface area (Å²) in [4.78, 5) is 0. The molecule has 5 aliphatic rings. The van der Waals surface area contributed by atoms with E-state index in [2.05, 4.69) is 25.0 Å². The molecule has 6 rings (SSSR count). The lowest BCUT2D eigenvalue weighted by molar-refractivity contribution is -0.155. The number of fused-ring (bicyclic) bond motifs is 7. The normalized spacial score (nSPS) is 49.7. The zero-order valence-corrected chi connectivity index (χ0v) is 20.6. The molecule has 5 fully saturated rings. The van der Waals surface area contributed by atoms with E-state index in [1.54, 1.807) is 17.1 Å². The number of nitriles is 1. The maximum absolute atomic E-state index is 11.7. The molecule has 10 atom stereocenters. The molecule has 0 radical (unpaired) electrons. The summed E-state index contributed by atoms with van der Waals surface area (Å²) in [6, 6.07) is 2.15. The molecule has 0 spiro atoms. The summed E-state index contributed by atoms with van der Waals surface area (Å²) in [5, 5.41) is 36.1. The Bertz CT molecular complexity index is 980. The first-order valence-corrected chi connectivity index (χ1v) is 13.5. The van der Waals surface area contributed by atoms with Gasteiger partial charge in [0.1, 0.15) is 6.07 Å². The van der Waals surface area contributed by atoms with Crippen molar-refractivity contribution in [3.63, 3.8) is 0 Å². The molecule has 2 N–H and O–H groups in total. The first-order chi connectivity index (χ1) is 15.7. The molecular formula is C28H41N3O2. The third-order valence-corrected chi connectivity index (χ3v) is 12.0. The molecule has 1 aromatic rings. The summed E-state index contributed by atoms with van der Waals surface area (Å²) in [6.07, 6.45) is 15.4. The van der Waals surface area contributed by atoms with E-state index in [4.69, 9.17) is 5.26 Å². The van der Waals surface area contributed by atoms with Crippen LogP contribution in [0.25, 0.3) is 0 Å². The van der Waals surface area contributed by atoms with Crippen molar-refractivity contribution in [1.29, 1.82) is 5.26 Å². The highest BCUT2D eigenvalue weighted by molar-refractivity contribution is 5.22. The quantitative estimate of drug-likeness (QED) is 0.681. The molecule has 5 heteroatoms. The molecule has 1 unspecified atom stereocenters. The van der Waals surface area contributed by atoms with E-state index in [9.17, 15) is 10.2 Å². The van der Waals surface area contributed by atoms with Crippen molar-refractivity contribution >= 4 is 0 Å². The number of rotatable bonds is 4. The zero-order chi connectivity index (χ0) is 23.2. The lowest BCUT2D eigenvalue weighted by Crippen LogP contribution is -2.57. The van der Waals surface area contributed by atoms with Gasteiger partial charge in [0.25, 0.3) is 0 Å². The van der Waals surface area contributed by atoms with Gasteiger partial charge in [-0.25, -0.2) is 0 Å². The average molecular weight is 452 g/mol. The maximum atomic E-state index is 11.7. The van der Waals surface area contributed by atoms with Crippen LogP contribution in [0.15, 0.2) is 12.4 Å². The van der Waals surface area contributed by atoms with E-state index in [1.165, 1.54) is 44.9 Å². The van der Waals surface area contributed by atoms with Crippen molar-refractivity contribution in [3.05, 3.63) is 18.0 Å². The molecule has 1 aromatic heterocycles. The molecule has 33 heavy (non-hydrogen) atoms. The van der Waals surface area contributed by atoms with E-state index in [1.807, 2.05) is 6.92 Å². The van der Waals surface area contributed by atoms with Gasteiger partial charge in [0.05, 0.1) is 29.5 Å². The summed E-state index contributed by atoms with van der Waals surface area (Å²) in [6.45, 7) is 7.37. The minimum atomic E-state index is -0.829. The van der Waals surface area contributed by atoms with Crippen LogP contribution in [0.4, 0.5) is 0 Å². The average Bonchev–Trinajstić information content (AvgIpc) is 3.10. The maximum Gasteiger partial charge on any atom is 0.102 e. The number of hydrogen-bond donors (Lipinski definition) is 2. The SMILES string of the molecule is CC[C@]12CC[C@]3(O)CC3[C@H]1CC[C@H]1[C@@H]3CC[C@H]([C@](C)(O)Cn4cc(C#N)cn4)[C@@]3(C)CC[C@@H]12. The van der Waals surface area contributed by atoms with Gasteiger partial charge in [-0.3, -0.25) is 4.68 Å². The molecule has 0 bridgehead atoms. The third-order valence-electron chi connectivity index (χ3n) is 12.0. The van der Waals surface area contributed by atoms with Gasteiger partial charge in [0, 0.05) is 6.20 Å². The van der Waals surface area contributed by atoms with Crippen molar-refractivity contribution < 1.29 is 10.2 Å². The van der Waals surface area contributed by atoms with Crippen LogP contribution in [-0.4, -0.2) is 31.2 Å². The van der Waals surface area contributed by atoms with Gasteiger partial charge in [-0.1, -0.05) is 13.8 Å². The van der Waals surface area contributed by atoms with Crippen molar-refractivity contribution in [2.75, 3.05) is 0 Å². The topological polar surface area (TPSA) is 82.1 Å². The monoisotopic (exact) mass is 451 g/mol. The standard InChI is InChI=1S/C28H41N3O2/c1-4-27-11-12-28(33)13-23(28)22(27)6-5-19-20-7-8-24(25(20,2)10-9-21(19)27)26(3,32)17-31-16-18(14-29)15-30-31/h15-16,19-24,32-33H,4-13,17H2,1-3H3/t19-,20-,21-,22+,23?,24-,25-,26+,27+,28-/m0/s1. The molecular weight excluding hydrogens is 410 g/mol. The predicted octanol–water partition coefficient (Wildman–Crippen LogP) is 4.92. The van der Waals surface area contributed by atoms with Crippen molar-refractivity contribution in [2.24, 2.45) is 46.3 Å². The fourth-order valence-corrected chi connectivity index (χ4v) is 10.6. The van der Waals surface area contributed by atoms with Gasteiger partial charge in [-0.2, -0.15) is 10.4 Å². The Balaban J connectivity index is 1.25. The predicted molar refractivity (Wildman–Crippen MR) is 126 cm³/mol. The van der Waals surface area contributed by atoms with E-state index in [-0.39, 0.29) is 16.9 Å². The van der Waals surface area contributed by atoms with E-state index >= 15 is 0 Å². The van der Waals surface area contributed by atoms with E-state index < -0.39 is 5.60 Å². The number of aliphatic hydroxyl groups is 2. The molecule has 0 aromatic carbocycles. The second-order valence-corrected chi connectivity index (χ2v) is 13.1. The summed E-state index contributed by atoms with van der Waals surface area (Å²) >= 11 is 0. The highest BCUT2D eigenvalue weighted by Crippen LogP contribution is 2.74. The zero-order valence-electron chi connectivity index (χ0n) is 20.6. The fourth-order valence-electron chi connectivity index (χ4n) is 10.6. The van der Waals surface area contributed by atoms with Crippen molar-refractivity contribution in [2.45, 2.75) is 103 Å². The van der Waals surface area contributed by atoms with Crippen LogP contribution in [0.2, 0.25) is 0 Å². The van der Waals surface area contributed by atoms with Gasteiger partial charge >= 0.3 is 0 Å². The highest BCUT2D eigenvalue weighted by atomic mass is 16.3.